The van der Waals surface area contributed by atoms with Gasteiger partial charge < -0.3 is 5.32 Å². The van der Waals surface area contributed by atoms with Gasteiger partial charge in [0.15, 0.2) is 11.5 Å². The molecule has 3 aromatic heterocycles. The van der Waals surface area contributed by atoms with E-state index in [1.807, 2.05) is 13.8 Å². The molecule has 6 nitrogen and oxygen atoms in total. The van der Waals surface area contributed by atoms with Crippen molar-refractivity contribution in [2.75, 3.05) is 5.32 Å². The van der Waals surface area contributed by atoms with Crippen LogP contribution in [0.1, 0.15) is 21.7 Å². The van der Waals surface area contributed by atoms with Crippen molar-refractivity contribution in [3.05, 3.63) is 45.3 Å². The third-order valence-corrected chi connectivity index (χ3v) is 3.88. The van der Waals surface area contributed by atoms with Crippen LogP contribution in [0.15, 0.2) is 18.3 Å². The summed E-state index contributed by atoms with van der Waals surface area (Å²) in [5, 5.41) is 8.41. The fourth-order valence-electron chi connectivity index (χ4n) is 2.43. The molecule has 1 N–H and O–H groups in total. The minimum atomic E-state index is -0.326. The van der Waals surface area contributed by atoms with Crippen molar-refractivity contribution < 1.29 is 4.79 Å². The highest BCUT2D eigenvalue weighted by atomic mass is 35.5. The molecule has 0 saturated carbocycles. The lowest BCUT2D eigenvalue weighted by Gasteiger charge is -2.08. The molecule has 0 bridgehead atoms. The Morgan fingerprint density at radius 1 is 1.26 bits per heavy atom. The number of fused-ring (bicyclic) bond motifs is 1. The Kier molecular flexibility index (Phi) is 3.95. The molecule has 0 aromatic carbocycles. The Hall–Kier alpha value is -2.18. The van der Waals surface area contributed by atoms with Gasteiger partial charge in [0.05, 0.1) is 26.7 Å². The smallest absolute Gasteiger partial charge is 0.257 e. The van der Waals surface area contributed by atoms with Crippen LogP contribution in [0.3, 0.4) is 0 Å². The van der Waals surface area contributed by atoms with E-state index in [0.29, 0.717) is 21.6 Å². The molecule has 0 aliphatic carbocycles. The molecule has 118 valence electrons. The zero-order chi connectivity index (χ0) is 16.7. The molecule has 3 heterocycles. The average Bonchev–Trinajstić information content (AvgIpc) is 2.76. The highest BCUT2D eigenvalue weighted by molar-refractivity contribution is 6.36. The summed E-state index contributed by atoms with van der Waals surface area (Å²) < 4.78 is 1.65. The standard InChI is InChI=1S/C15H13Cl2N5O/c1-7-4-10(12-8(2)21-22(3)14(12)19-7)15(23)20-13-11(17)5-9(16)6-18-13/h4-6H,1-3H3,(H,18,20,23). The fourth-order valence-corrected chi connectivity index (χ4v) is 2.86. The van der Waals surface area contributed by atoms with Crippen molar-refractivity contribution in [3.63, 3.8) is 0 Å². The van der Waals surface area contributed by atoms with Crippen LogP contribution in [0.4, 0.5) is 5.82 Å². The van der Waals surface area contributed by atoms with Crippen LogP contribution in [-0.2, 0) is 7.05 Å². The topological polar surface area (TPSA) is 72.7 Å². The van der Waals surface area contributed by atoms with E-state index < -0.39 is 0 Å². The molecule has 0 saturated heterocycles. The quantitative estimate of drug-likeness (QED) is 0.767. The van der Waals surface area contributed by atoms with E-state index in [1.54, 1.807) is 17.8 Å². The number of amides is 1. The maximum absolute atomic E-state index is 12.7. The number of rotatable bonds is 2. The average molecular weight is 350 g/mol. The second-order valence-electron chi connectivity index (χ2n) is 5.16. The van der Waals surface area contributed by atoms with E-state index in [2.05, 4.69) is 20.4 Å². The molecule has 0 atom stereocenters. The van der Waals surface area contributed by atoms with Gasteiger partial charge in [-0.2, -0.15) is 5.10 Å². The summed E-state index contributed by atoms with van der Waals surface area (Å²) in [6, 6.07) is 3.24. The van der Waals surface area contributed by atoms with Gasteiger partial charge in [-0.05, 0) is 26.0 Å². The second-order valence-corrected chi connectivity index (χ2v) is 6.00. The van der Waals surface area contributed by atoms with Crippen LogP contribution in [-0.4, -0.2) is 25.7 Å². The van der Waals surface area contributed by atoms with E-state index in [4.69, 9.17) is 23.2 Å². The van der Waals surface area contributed by atoms with Crippen LogP contribution in [0, 0.1) is 13.8 Å². The zero-order valence-corrected chi connectivity index (χ0v) is 14.2. The summed E-state index contributed by atoms with van der Waals surface area (Å²) in [6.45, 7) is 3.66. The molecule has 3 aromatic rings. The van der Waals surface area contributed by atoms with Crippen LogP contribution in [0.5, 0.6) is 0 Å². The monoisotopic (exact) mass is 349 g/mol. The first-order chi connectivity index (χ1) is 10.9. The highest BCUT2D eigenvalue weighted by Gasteiger charge is 2.19. The lowest BCUT2D eigenvalue weighted by molar-refractivity contribution is 0.102. The lowest BCUT2D eigenvalue weighted by atomic mass is 10.1. The SMILES string of the molecule is Cc1cc(C(=O)Nc2ncc(Cl)cc2Cl)c2c(C)nn(C)c2n1. The third-order valence-electron chi connectivity index (χ3n) is 3.38. The minimum absolute atomic E-state index is 0.255. The van der Waals surface area contributed by atoms with Gasteiger partial charge in [-0.1, -0.05) is 23.2 Å². The van der Waals surface area contributed by atoms with E-state index in [9.17, 15) is 4.79 Å². The largest absolute Gasteiger partial charge is 0.305 e. The molecule has 0 aliphatic heterocycles. The van der Waals surface area contributed by atoms with Gasteiger partial charge in [0.25, 0.3) is 5.91 Å². The number of nitrogens with one attached hydrogen (secondary N) is 1. The van der Waals surface area contributed by atoms with Crippen LogP contribution in [0.2, 0.25) is 10.0 Å². The van der Waals surface area contributed by atoms with Gasteiger partial charge in [0, 0.05) is 18.9 Å². The first kappa shape index (κ1) is 15.7. The number of hydrogen-bond donors (Lipinski definition) is 1. The Balaban J connectivity index is 2.07. The predicted octanol–water partition coefficient (Wildman–Crippen LogP) is 3.54. The first-order valence-electron chi connectivity index (χ1n) is 6.80. The summed E-state index contributed by atoms with van der Waals surface area (Å²) in [5.41, 5.74) is 2.59. The lowest BCUT2D eigenvalue weighted by Crippen LogP contribution is -2.14. The molecular weight excluding hydrogens is 337 g/mol. The van der Waals surface area contributed by atoms with Crippen LogP contribution in [0.25, 0.3) is 11.0 Å². The van der Waals surface area contributed by atoms with E-state index >= 15 is 0 Å². The molecule has 3 rings (SSSR count). The first-order valence-corrected chi connectivity index (χ1v) is 7.55. The maximum Gasteiger partial charge on any atom is 0.257 e. The van der Waals surface area contributed by atoms with Gasteiger partial charge >= 0.3 is 0 Å². The van der Waals surface area contributed by atoms with E-state index in [0.717, 1.165) is 11.4 Å². The fraction of sp³-hybridized carbons (Fsp3) is 0.200. The number of aromatic nitrogens is 4. The molecule has 8 heteroatoms. The molecule has 0 spiro atoms. The minimum Gasteiger partial charge on any atom is -0.305 e. The normalized spacial score (nSPS) is 11.0. The summed E-state index contributed by atoms with van der Waals surface area (Å²) in [7, 11) is 1.79. The molecule has 0 radical (unpaired) electrons. The molecule has 23 heavy (non-hydrogen) atoms. The van der Waals surface area contributed by atoms with Gasteiger partial charge in [0.1, 0.15) is 0 Å². The third kappa shape index (κ3) is 2.87. The number of aryl methyl sites for hydroxylation is 3. The molecule has 0 aliphatic rings. The van der Waals surface area contributed by atoms with Crippen molar-refractivity contribution in [1.29, 1.82) is 0 Å². The van der Waals surface area contributed by atoms with Crippen LogP contribution >= 0.6 is 23.2 Å². The summed E-state index contributed by atoms with van der Waals surface area (Å²) in [6.07, 6.45) is 1.42. The maximum atomic E-state index is 12.7. The summed E-state index contributed by atoms with van der Waals surface area (Å²) >= 11 is 11.9. The van der Waals surface area contributed by atoms with Gasteiger partial charge in [0.2, 0.25) is 0 Å². The van der Waals surface area contributed by atoms with Crippen molar-refractivity contribution in [2.24, 2.45) is 7.05 Å². The molecule has 1 amide bonds. The number of halogens is 2. The Bertz CT molecular complexity index is 935. The molecular formula is C15H13Cl2N5O. The molecule has 0 fully saturated rings. The zero-order valence-electron chi connectivity index (χ0n) is 12.7. The second kappa shape index (κ2) is 5.79. The number of nitrogens with zero attached hydrogens (tertiary/aromatic N) is 4. The van der Waals surface area contributed by atoms with Crippen molar-refractivity contribution in [3.8, 4) is 0 Å². The van der Waals surface area contributed by atoms with Gasteiger partial charge in [-0.3, -0.25) is 9.48 Å². The van der Waals surface area contributed by atoms with Crippen LogP contribution < -0.4 is 5.32 Å². The predicted molar refractivity (Wildman–Crippen MR) is 90.2 cm³/mol. The number of carbonyl (C=O) groups is 1. The Labute approximate surface area is 142 Å². The van der Waals surface area contributed by atoms with Gasteiger partial charge in [-0.15, -0.1) is 0 Å². The Morgan fingerprint density at radius 2 is 2.00 bits per heavy atom. The summed E-state index contributed by atoms with van der Waals surface area (Å²) in [4.78, 5) is 21.1. The summed E-state index contributed by atoms with van der Waals surface area (Å²) in [5.74, 6) is -0.0708. The highest BCUT2D eigenvalue weighted by Crippen LogP contribution is 2.25. The Morgan fingerprint density at radius 3 is 2.70 bits per heavy atom. The number of carbonyl (C=O) groups excluding carboxylic acids is 1. The van der Waals surface area contributed by atoms with E-state index in [1.165, 1.54) is 12.3 Å². The molecule has 0 unspecified atom stereocenters. The van der Waals surface area contributed by atoms with Gasteiger partial charge in [-0.25, -0.2) is 9.97 Å². The number of pyridine rings is 2. The van der Waals surface area contributed by atoms with E-state index in [-0.39, 0.29) is 16.7 Å². The van der Waals surface area contributed by atoms with Crippen molar-refractivity contribution in [2.45, 2.75) is 13.8 Å². The van der Waals surface area contributed by atoms with Crippen molar-refractivity contribution in [1.82, 2.24) is 19.7 Å². The number of hydrogen-bond acceptors (Lipinski definition) is 4. The van der Waals surface area contributed by atoms with Crippen molar-refractivity contribution >= 4 is 46.0 Å². The number of anilines is 1.